The van der Waals surface area contributed by atoms with Gasteiger partial charge >= 0.3 is 5.97 Å². The Kier molecular flexibility index (Phi) is 9.09. The molecule has 2 aromatic carbocycles. The van der Waals surface area contributed by atoms with Crippen LogP contribution in [0.1, 0.15) is 48.8 Å². The monoisotopic (exact) mass is 618 g/mol. The predicted octanol–water partition coefficient (Wildman–Crippen LogP) is 3.40. The number of aliphatic hydroxyl groups is 1. The molecule has 0 bridgehead atoms. The van der Waals surface area contributed by atoms with Gasteiger partial charge in [-0.25, -0.2) is 4.57 Å². The number of anilines is 1. The Morgan fingerprint density at radius 1 is 1.02 bits per heavy atom. The smallest absolute Gasteiger partial charge is 0.308 e. The Balaban J connectivity index is 1.33. The number of carboxylic acid groups (broad SMARTS) is 1. The van der Waals surface area contributed by atoms with Crippen molar-refractivity contribution in [2.24, 2.45) is 13.0 Å². The molecule has 3 aromatic rings. The molecule has 1 amide bonds. The number of fused-ring (bicyclic) bond motifs is 2. The number of carboxylic acids is 1. The number of hydrogen-bond acceptors (Lipinski definition) is 8. The highest BCUT2D eigenvalue weighted by molar-refractivity contribution is 5.94. The van der Waals surface area contributed by atoms with Crippen molar-refractivity contribution in [3.05, 3.63) is 71.5 Å². The van der Waals surface area contributed by atoms with Crippen molar-refractivity contribution >= 4 is 17.6 Å². The van der Waals surface area contributed by atoms with Crippen molar-refractivity contribution in [2.75, 3.05) is 38.1 Å². The molecule has 11 heteroatoms. The third-order valence-electron chi connectivity index (χ3n) is 9.00. The number of amides is 1. The van der Waals surface area contributed by atoms with Gasteiger partial charge in [0.05, 0.1) is 19.1 Å². The van der Waals surface area contributed by atoms with Crippen molar-refractivity contribution in [3.63, 3.8) is 0 Å². The van der Waals surface area contributed by atoms with Gasteiger partial charge in [0.2, 0.25) is 19.5 Å². The van der Waals surface area contributed by atoms with E-state index in [1.54, 1.807) is 0 Å². The molecule has 1 saturated heterocycles. The van der Waals surface area contributed by atoms with Gasteiger partial charge in [0, 0.05) is 36.7 Å². The fraction of sp³-hybridized carbons (Fsp3) is 0.441. The van der Waals surface area contributed by atoms with E-state index in [0.717, 1.165) is 29.7 Å². The van der Waals surface area contributed by atoms with Crippen LogP contribution in [-0.4, -0.2) is 66.3 Å². The minimum absolute atomic E-state index is 0.0418. The number of likely N-dealkylation sites (tertiary alicyclic amines) is 1. The van der Waals surface area contributed by atoms with Crippen LogP contribution in [0.5, 0.6) is 23.0 Å². The number of unbranched alkanes of at least 4 members (excludes halogenated alkanes) is 1. The van der Waals surface area contributed by atoms with E-state index < -0.39 is 23.8 Å². The fourth-order valence-corrected chi connectivity index (χ4v) is 6.82. The summed E-state index contributed by atoms with van der Waals surface area (Å²) in [6, 6.07) is 12.8. The summed E-state index contributed by atoms with van der Waals surface area (Å²) in [5, 5.41) is 20.8. The number of aliphatic hydroxyl groups excluding tert-OH is 1. The summed E-state index contributed by atoms with van der Waals surface area (Å²) in [4.78, 5) is 31.0. The number of nitrogens with zero attached hydrogens (tertiary/aromatic N) is 3. The molecule has 0 spiro atoms. The molecule has 3 aliphatic rings. The lowest BCUT2D eigenvalue weighted by atomic mass is 9.82. The largest absolute Gasteiger partial charge is 0.481 e. The Morgan fingerprint density at radius 3 is 2.53 bits per heavy atom. The zero-order valence-corrected chi connectivity index (χ0v) is 25.7. The van der Waals surface area contributed by atoms with Crippen molar-refractivity contribution in [2.45, 2.75) is 51.2 Å². The van der Waals surface area contributed by atoms with Crippen LogP contribution < -0.4 is 28.4 Å². The summed E-state index contributed by atoms with van der Waals surface area (Å²) in [7, 11) is 1.92. The molecule has 0 unspecified atom stereocenters. The highest BCUT2D eigenvalue weighted by Crippen LogP contribution is 2.45. The second-order valence-electron chi connectivity index (χ2n) is 11.9. The Hall–Kier alpha value is -4.35. The molecule has 11 nitrogen and oxygen atoms in total. The Labute approximate surface area is 262 Å². The molecule has 1 aromatic heterocycles. The lowest BCUT2D eigenvalue weighted by Crippen LogP contribution is -2.45. The van der Waals surface area contributed by atoms with Gasteiger partial charge in [-0.1, -0.05) is 25.5 Å². The van der Waals surface area contributed by atoms with Crippen LogP contribution in [0.2, 0.25) is 0 Å². The predicted molar refractivity (Wildman–Crippen MR) is 163 cm³/mol. The molecule has 3 aliphatic heterocycles. The summed E-state index contributed by atoms with van der Waals surface area (Å²) in [5.41, 5.74) is 3.04. The summed E-state index contributed by atoms with van der Waals surface area (Å²) in [5.74, 6) is 0.0779. The number of para-hydroxylation sites is 1. The number of rotatable bonds is 12. The first-order valence-electron chi connectivity index (χ1n) is 15.5. The number of aliphatic carboxylic acids is 1. The first-order valence-corrected chi connectivity index (χ1v) is 15.5. The SMILES string of the molecule is CCCCN(C(=O)CN1C[C@H](c2cc(CO)c3c(c2)OCO3)[C@@H](C(=O)O)[C@@H]1CCc1cccc2c1OCO2)c1ccc[n+](C)c1. The Bertz CT molecular complexity index is 1560. The van der Waals surface area contributed by atoms with Gasteiger partial charge in [-0.15, -0.1) is 0 Å². The minimum atomic E-state index is -0.932. The number of pyridine rings is 1. The molecular weight excluding hydrogens is 578 g/mol. The topological polar surface area (TPSA) is 122 Å². The average molecular weight is 619 g/mol. The van der Waals surface area contributed by atoms with E-state index in [1.807, 2.05) is 76.3 Å². The molecular formula is C34H40N3O8+. The van der Waals surface area contributed by atoms with E-state index in [4.69, 9.17) is 18.9 Å². The van der Waals surface area contributed by atoms with Gasteiger partial charge in [-0.3, -0.25) is 14.5 Å². The highest BCUT2D eigenvalue weighted by atomic mass is 16.7. The van der Waals surface area contributed by atoms with Crippen LogP contribution in [0, 0.1) is 5.92 Å². The van der Waals surface area contributed by atoms with E-state index in [0.29, 0.717) is 54.5 Å². The van der Waals surface area contributed by atoms with Crippen molar-refractivity contribution in [1.82, 2.24) is 4.90 Å². The van der Waals surface area contributed by atoms with E-state index in [2.05, 4.69) is 6.92 Å². The van der Waals surface area contributed by atoms with Gasteiger partial charge in [-0.05, 0) is 54.7 Å². The standard InChI is InChI=1S/C34H39N3O8/c1-3-4-13-37(25-8-6-12-35(2)16-25)30(39)18-36-17-26(23-14-24(19-38)33-29(15-23)43-21-45-33)31(34(40)41)27(36)11-10-22-7-5-9-28-32(22)44-20-42-28/h5-9,12,14-16,26-27,31,38H,3-4,10-11,13,17-21H2,1-2H3/p+1/t26-,27+,31-/m1/s1. The van der Waals surface area contributed by atoms with Crippen LogP contribution in [0.3, 0.4) is 0 Å². The summed E-state index contributed by atoms with van der Waals surface area (Å²) >= 11 is 0. The number of hydrogen-bond donors (Lipinski definition) is 2. The fourth-order valence-electron chi connectivity index (χ4n) is 6.82. The molecule has 6 rings (SSSR count). The third-order valence-corrected chi connectivity index (χ3v) is 9.00. The lowest BCUT2D eigenvalue weighted by Gasteiger charge is -2.29. The first kappa shape index (κ1) is 30.7. The van der Waals surface area contributed by atoms with E-state index >= 15 is 0 Å². The van der Waals surface area contributed by atoms with Gasteiger partial charge in [0.1, 0.15) is 12.7 Å². The van der Waals surface area contributed by atoms with Gasteiger partial charge in [0.25, 0.3) is 0 Å². The number of carbonyl (C=O) groups excluding carboxylic acids is 1. The second kappa shape index (κ2) is 13.3. The van der Waals surface area contributed by atoms with Crippen LogP contribution in [0.25, 0.3) is 0 Å². The third kappa shape index (κ3) is 6.27. The maximum Gasteiger partial charge on any atom is 0.308 e. The lowest BCUT2D eigenvalue weighted by molar-refractivity contribution is -0.670. The van der Waals surface area contributed by atoms with E-state index in [1.165, 1.54) is 0 Å². The van der Waals surface area contributed by atoms with Gasteiger partial charge in [-0.2, -0.15) is 0 Å². The summed E-state index contributed by atoms with van der Waals surface area (Å²) in [6.45, 7) is 3.01. The van der Waals surface area contributed by atoms with Crippen molar-refractivity contribution in [3.8, 4) is 23.0 Å². The van der Waals surface area contributed by atoms with Gasteiger partial charge < -0.3 is 34.1 Å². The molecule has 0 saturated carbocycles. The highest BCUT2D eigenvalue weighted by Gasteiger charge is 2.47. The van der Waals surface area contributed by atoms with Gasteiger partial charge in [0.15, 0.2) is 35.4 Å². The number of aryl methyl sites for hydroxylation is 2. The van der Waals surface area contributed by atoms with Crippen LogP contribution >= 0.6 is 0 Å². The molecule has 3 atom stereocenters. The zero-order chi connectivity index (χ0) is 31.5. The Morgan fingerprint density at radius 2 is 1.80 bits per heavy atom. The second-order valence-corrected chi connectivity index (χ2v) is 11.9. The molecule has 4 heterocycles. The maximum absolute atomic E-state index is 14.1. The molecule has 2 N–H and O–H groups in total. The maximum atomic E-state index is 14.1. The first-order chi connectivity index (χ1) is 21.9. The van der Waals surface area contributed by atoms with Crippen molar-refractivity contribution in [1.29, 1.82) is 0 Å². The zero-order valence-electron chi connectivity index (χ0n) is 25.7. The molecule has 0 radical (unpaired) electrons. The van der Waals surface area contributed by atoms with Crippen LogP contribution in [0.4, 0.5) is 5.69 Å². The number of ether oxygens (including phenoxy) is 4. The number of aromatic nitrogens is 1. The number of carbonyl (C=O) groups is 2. The van der Waals surface area contributed by atoms with Crippen LogP contribution in [-0.2, 0) is 29.7 Å². The quantitative estimate of drug-likeness (QED) is 0.294. The van der Waals surface area contributed by atoms with E-state index in [-0.39, 0.29) is 32.6 Å². The minimum Gasteiger partial charge on any atom is -0.481 e. The molecule has 45 heavy (non-hydrogen) atoms. The molecule has 238 valence electrons. The normalized spacial score (nSPS) is 20.0. The van der Waals surface area contributed by atoms with E-state index in [9.17, 15) is 19.8 Å². The van der Waals surface area contributed by atoms with Crippen LogP contribution in [0.15, 0.2) is 54.9 Å². The molecule has 1 fully saturated rings. The summed E-state index contributed by atoms with van der Waals surface area (Å²) < 4.78 is 24.4. The van der Waals surface area contributed by atoms with Crippen molar-refractivity contribution < 1.29 is 43.3 Å². The summed E-state index contributed by atoms with van der Waals surface area (Å²) in [6.07, 6.45) is 6.67. The molecule has 0 aliphatic carbocycles. The average Bonchev–Trinajstić information content (AvgIpc) is 3.78. The number of benzene rings is 2.